The maximum absolute atomic E-state index is 11.1. The molecule has 0 aromatic heterocycles. The highest BCUT2D eigenvalue weighted by Crippen LogP contribution is 2.59. The Morgan fingerprint density at radius 3 is 2.90 bits per heavy atom. The number of nitrogens with zero attached hydrogens (tertiary/aromatic N) is 1. The number of rotatable bonds is 7. The first kappa shape index (κ1) is 16.7. The molecule has 4 N–H and O–H groups in total. The van der Waals surface area contributed by atoms with Gasteiger partial charge in [-0.1, -0.05) is 12.1 Å². The fraction of sp³-hybridized carbons (Fsp3) is 0.938. The van der Waals surface area contributed by atoms with Crippen LogP contribution in [0.1, 0.15) is 51.9 Å². The van der Waals surface area contributed by atoms with Crippen LogP contribution in [0.2, 0.25) is 0 Å². The third-order valence-corrected chi connectivity index (χ3v) is 5.74. The highest BCUT2D eigenvalue weighted by Gasteiger charge is 2.58. The third-order valence-electron chi connectivity index (χ3n) is 5.74. The molecular formula is C16H30N2O3. The highest BCUT2D eigenvalue weighted by molar-refractivity contribution is 5.62. The van der Waals surface area contributed by atoms with Crippen LogP contribution in [0.4, 0.5) is 0 Å². The minimum absolute atomic E-state index is 0.0989. The molecule has 0 saturated heterocycles. The maximum Gasteiger partial charge on any atom is 0.129 e. The van der Waals surface area contributed by atoms with Gasteiger partial charge in [-0.05, 0) is 50.9 Å². The summed E-state index contributed by atoms with van der Waals surface area (Å²) in [5.41, 5.74) is 4.69. The second kappa shape index (κ2) is 7.07. The van der Waals surface area contributed by atoms with Crippen LogP contribution >= 0.6 is 0 Å². The molecule has 122 valence electrons. The summed E-state index contributed by atoms with van der Waals surface area (Å²) in [5, 5.41) is 24.1. The predicted octanol–water partition coefficient (Wildman–Crippen LogP) is 1.67. The molecule has 0 heterocycles. The smallest absolute Gasteiger partial charge is 0.129 e. The van der Waals surface area contributed by atoms with Crippen LogP contribution in [0.5, 0.6) is 0 Å². The zero-order valence-corrected chi connectivity index (χ0v) is 13.1. The van der Waals surface area contributed by atoms with Crippen molar-refractivity contribution in [1.82, 2.24) is 0 Å². The van der Waals surface area contributed by atoms with Crippen LogP contribution in [-0.4, -0.2) is 41.8 Å². The molecule has 2 fully saturated rings. The number of hydrogen-bond acceptors (Lipinski definition) is 5. The summed E-state index contributed by atoms with van der Waals surface area (Å²) < 4.78 is 0. The van der Waals surface area contributed by atoms with E-state index in [9.17, 15) is 5.11 Å². The Labute approximate surface area is 127 Å². The quantitative estimate of drug-likeness (QED) is 0.379. The number of aliphatic hydroxyl groups is 2. The molecule has 5 heteroatoms. The van der Waals surface area contributed by atoms with Crippen LogP contribution in [0, 0.1) is 17.3 Å². The molecule has 2 rings (SSSR count). The number of oxime groups is 1. The minimum Gasteiger partial charge on any atom is -0.396 e. The summed E-state index contributed by atoms with van der Waals surface area (Å²) >= 11 is 0. The minimum atomic E-state index is -0.587. The highest BCUT2D eigenvalue weighted by atomic mass is 16.6. The van der Waals surface area contributed by atoms with Crippen LogP contribution in [0.15, 0.2) is 5.16 Å². The summed E-state index contributed by atoms with van der Waals surface area (Å²) in [6.45, 7) is 3.35. The molecule has 5 nitrogen and oxygen atoms in total. The lowest BCUT2D eigenvalue weighted by Gasteiger charge is -2.48. The van der Waals surface area contributed by atoms with Crippen LogP contribution < -0.4 is 5.73 Å². The van der Waals surface area contributed by atoms with Gasteiger partial charge >= 0.3 is 0 Å². The lowest BCUT2D eigenvalue weighted by atomic mass is 9.60. The van der Waals surface area contributed by atoms with E-state index in [0.717, 1.165) is 44.9 Å². The summed E-state index contributed by atoms with van der Waals surface area (Å²) in [4.78, 5) is 5.11. The van der Waals surface area contributed by atoms with Crippen molar-refractivity contribution in [3.8, 4) is 0 Å². The zero-order valence-electron chi connectivity index (χ0n) is 13.1. The molecule has 0 amide bonds. The lowest BCUT2D eigenvalue weighted by molar-refractivity contribution is -0.107. The van der Waals surface area contributed by atoms with Crippen molar-refractivity contribution in [3.63, 3.8) is 0 Å². The molecule has 4 atom stereocenters. The van der Waals surface area contributed by atoms with Gasteiger partial charge in [-0.3, -0.25) is 0 Å². The molecule has 0 bridgehead atoms. The first-order chi connectivity index (χ1) is 10.1. The molecule has 0 aliphatic heterocycles. The standard InChI is InChI=1S/C16H30N2O3/c1-15-6-4-13(3-2-9-19)11-16(15,20)7-5-14(15)12-18-21-10-8-17/h12-14,19-20H,2-11,17H2,1H3/b18-12+/t13-,14+,15+,16-/m0/s1. The fourth-order valence-electron chi connectivity index (χ4n) is 4.27. The molecular weight excluding hydrogens is 268 g/mol. The summed E-state index contributed by atoms with van der Waals surface area (Å²) in [7, 11) is 0. The van der Waals surface area contributed by atoms with Crippen molar-refractivity contribution < 1.29 is 15.1 Å². The summed E-state index contributed by atoms with van der Waals surface area (Å²) in [5.74, 6) is 0.818. The maximum atomic E-state index is 11.1. The number of fused-ring (bicyclic) bond motifs is 1. The Morgan fingerprint density at radius 1 is 1.38 bits per heavy atom. The van der Waals surface area contributed by atoms with E-state index in [1.54, 1.807) is 0 Å². The molecule has 21 heavy (non-hydrogen) atoms. The van der Waals surface area contributed by atoms with Gasteiger partial charge in [0.1, 0.15) is 6.61 Å². The van der Waals surface area contributed by atoms with Crippen molar-refractivity contribution in [2.45, 2.75) is 57.5 Å². The number of hydrogen-bond donors (Lipinski definition) is 3. The van der Waals surface area contributed by atoms with Crippen LogP contribution in [-0.2, 0) is 4.84 Å². The van der Waals surface area contributed by atoms with Gasteiger partial charge in [0.25, 0.3) is 0 Å². The Morgan fingerprint density at radius 2 is 2.19 bits per heavy atom. The first-order valence-electron chi connectivity index (χ1n) is 8.24. The van der Waals surface area contributed by atoms with Gasteiger partial charge in [0.05, 0.1) is 5.60 Å². The SMILES string of the molecule is C[C@]12CC[C@H](CCCO)C[C@@]1(O)CC[C@@H]2/C=N/OCCN. The van der Waals surface area contributed by atoms with Gasteiger partial charge in [-0.2, -0.15) is 0 Å². The van der Waals surface area contributed by atoms with E-state index in [1.165, 1.54) is 0 Å². The normalized spacial score (nSPS) is 39.6. The molecule has 0 unspecified atom stereocenters. The van der Waals surface area contributed by atoms with E-state index in [2.05, 4.69) is 12.1 Å². The van der Waals surface area contributed by atoms with E-state index >= 15 is 0 Å². The number of nitrogens with two attached hydrogens (primary N) is 1. The van der Waals surface area contributed by atoms with Crippen LogP contribution in [0.3, 0.4) is 0 Å². The lowest BCUT2D eigenvalue weighted by Crippen LogP contribution is -2.50. The second-order valence-corrected chi connectivity index (χ2v) is 6.95. The molecule has 2 aliphatic carbocycles. The topological polar surface area (TPSA) is 88.1 Å². The molecule has 0 aromatic rings. The van der Waals surface area contributed by atoms with Crippen LogP contribution in [0.25, 0.3) is 0 Å². The predicted molar refractivity (Wildman–Crippen MR) is 82.9 cm³/mol. The van der Waals surface area contributed by atoms with Crippen molar-refractivity contribution in [2.75, 3.05) is 19.8 Å². The largest absolute Gasteiger partial charge is 0.396 e. The van der Waals surface area contributed by atoms with E-state index in [-0.39, 0.29) is 17.9 Å². The van der Waals surface area contributed by atoms with Gasteiger partial charge in [0.2, 0.25) is 0 Å². The van der Waals surface area contributed by atoms with Crippen molar-refractivity contribution in [3.05, 3.63) is 0 Å². The zero-order chi connectivity index (χ0) is 15.3. The Balaban J connectivity index is 1.98. The van der Waals surface area contributed by atoms with Gasteiger partial charge in [-0.25, -0.2) is 0 Å². The van der Waals surface area contributed by atoms with E-state index in [0.29, 0.717) is 19.1 Å². The Hall–Kier alpha value is -0.650. The van der Waals surface area contributed by atoms with Gasteiger partial charge in [0.15, 0.2) is 0 Å². The number of aliphatic hydroxyl groups excluding tert-OH is 1. The molecule has 0 radical (unpaired) electrons. The van der Waals surface area contributed by atoms with Crippen molar-refractivity contribution in [2.24, 2.45) is 28.1 Å². The second-order valence-electron chi connectivity index (χ2n) is 6.95. The summed E-state index contributed by atoms with van der Waals surface area (Å²) in [6.07, 6.45) is 8.56. The van der Waals surface area contributed by atoms with E-state index in [4.69, 9.17) is 15.7 Å². The molecule has 0 spiro atoms. The van der Waals surface area contributed by atoms with E-state index < -0.39 is 5.60 Å². The van der Waals surface area contributed by atoms with Crippen molar-refractivity contribution >= 4 is 6.21 Å². The molecule has 2 saturated carbocycles. The summed E-state index contributed by atoms with van der Waals surface area (Å²) in [6, 6.07) is 0. The fourth-order valence-corrected chi connectivity index (χ4v) is 4.27. The Kier molecular flexibility index (Phi) is 5.63. The average molecular weight is 298 g/mol. The van der Waals surface area contributed by atoms with Gasteiger partial charge in [0, 0.05) is 30.7 Å². The molecule has 2 aliphatic rings. The third kappa shape index (κ3) is 3.41. The first-order valence-corrected chi connectivity index (χ1v) is 8.24. The monoisotopic (exact) mass is 298 g/mol. The molecule has 0 aromatic carbocycles. The Bertz CT molecular complexity index is 363. The van der Waals surface area contributed by atoms with Crippen molar-refractivity contribution in [1.29, 1.82) is 0 Å². The average Bonchev–Trinajstić information content (AvgIpc) is 2.73. The van der Waals surface area contributed by atoms with Gasteiger partial charge < -0.3 is 20.8 Å². The van der Waals surface area contributed by atoms with Gasteiger partial charge in [-0.15, -0.1) is 0 Å². The van der Waals surface area contributed by atoms with E-state index in [1.807, 2.05) is 6.21 Å².